The average molecular weight is 259 g/mol. The van der Waals surface area contributed by atoms with E-state index in [2.05, 4.69) is 38.1 Å². The lowest BCUT2D eigenvalue weighted by Crippen LogP contribution is -1.88. The molecule has 2 aromatic carbocycles. The molecule has 0 saturated heterocycles. The molecule has 0 saturated carbocycles. The number of halogens is 1. The Hall–Kier alpha value is -1.60. The van der Waals surface area contributed by atoms with E-state index in [1.54, 1.807) is 12.1 Å². The van der Waals surface area contributed by atoms with Gasteiger partial charge in [0.25, 0.3) is 0 Å². The first-order valence-corrected chi connectivity index (χ1v) is 6.34. The summed E-state index contributed by atoms with van der Waals surface area (Å²) in [6.07, 6.45) is 0.803. The number of carbonyl (C=O) groups excluding carboxylic acids is 1. The van der Waals surface area contributed by atoms with Crippen molar-refractivity contribution in [1.29, 1.82) is 0 Å². The molecule has 92 valence electrons. The van der Waals surface area contributed by atoms with Crippen molar-refractivity contribution in [2.45, 2.75) is 19.8 Å². The topological polar surface area (TPSA) is 17.1 Å². The summed E-state index contributed by atoms with van der Waals surface area (Å²) in [7, 11) is 0. The van der Waals surface area contributed by atoms with Gasteiger partial charge in [-0.3, -0.25) is 4.79 Å². The highest BCUT2D eigenvalue weighted by Crippen LogP contribution is 2.29. The van der Waals surface area contributed by atoms with E-state index in [1.807, 2.05) is 6.07 Å². The largest absolute Gasteiger partial charge is 0.298 e. The molecule has 0 spiro atoms. The van der Waals surface area contributed by atoms with Crippen LogP contribution >= 0.6 is 11.6 Å². The highest BCUT2D eigenvalue weighted by molar-refractivity contribution is 6.33. The Labute approximate surface area is 112 Å². The molecule has 0 aliphatic heterocycles. The second-order valence-corrected chi connectivity index (χ2v) is 5.04. The van der Waals surface area contributed by atoms with Crippen LogP contribution in [0.3, 0.4) is 0 Å². The number of hydrogen-bond acceptors (Lipinski definition) is 1. The third kappa shape index (κ3) is 2.62. The lowest BCUT2D eigenvalue weighted by Gasteiger charge is -2.08. The highest BCUT2D eigenvalue weighted by atomic mass is 35.5. The molecule has 2 aromatic rings. The van der Waals surface area contributed by atoms with Gasteiger partial charge in [-0.25, -0.2) is 0 Å². The summed E-state index contributed by atoms with van der Waals surface area (Å²) in [5.74, 6) is 0.520. The van der Waals surface area contributed by atoms with Crippen molar-refractivity contribution in [2.24, 2.45) is 0 Å². The second kappa shape index (κ2) is 5.36. The lowest BCUT2D eigenvalue weighted by molar-refractivity contribution is 0.112. The summed E-state index contributed by atoms with van der Waals surface area (Å²) >= 11 is 6.19. The predicted molar refractivity (Wildman–Crippen MR) is 76.4 cm³/mol. The minimum absolute atomic E-state index is 0.520. The molecule has 0 amide bonds. The van der Waals surface area contributed by atoms with Crippen molar-refractivity contribution in [3.8, 4) is 11.1 Å². The van der Waals surface area contributed by atoms with Crippen LogP contribution in [-0.2, 0) is 0 Å². The van der Waals surface area contributed by atoms with Gasteiger partial charge in [0.1, 0.15) is 6.29 Å². The normalized spacial score (nSPS) is 10.7. The van der Waals surface area contributed by atoms with Crippen LogP contribution in [0.25, 0.3) is 11.1 Å². The van der Waals surface area contributed by atoms with Gasteiger partial charge < -0.3 is 0 Å². The minimum atomic E-state index is 0.520. The van der Waals surface area contributed by atoms with Crippen molar-refractivity contribution < 1.29 is 4.79 Å². The first-order valence-electron chi connectivity index (χ1n) is 5.97. The molecule has 0 atom stereocenters. The van der Waals surface area contributed by atoms with Crippen LogP contribution in [0.4, 0.5) is 0 Å². The molecule has 0 unspecified atom stereocenters. The lowest BCUT2D eigenvalue weighted by atomic mass is 9.98. The fourth-order valence-corrected chi connectivity index (χ4v) is 2.18. The molecule has 1 nitrogen and oxygen atoms in total. The van der Waals surface area contributed by atoms with Gasteiger partial charge in [-0.2, -0.15) is 0 Å². The van der Waals surface area contributed by atoms with E-state index < -0.39 is 0 Å². The molecular weight excluding hydrogens is 244 g/mol. The predicted octanol–water partition coefficient (Wildman–Crippen LogP) is 4.94. The van der Waals surface area contributed by atoms with Gasteiger partial charge >= 0.3 is 0 Å². The maximum absolute atomic E-state index is 10.7. The van der Waals surface area contributed by atoms with Crippen molar-refractivity contribution in [1.82, 2.24) is 0 Å². The number of benzene rings is 2. The Balaban J connectivity index is 2.39. The van der Waals surface area contributed by atoms with Crippen LogP contribution in [0.1, 0.15) is 35.7 Å². The van der Waals surface area contributed by atoms with Crippen molar-refractivity contribution >= 4 is 17.9 Å². The van der Waals surface area contributed by atoms with Gasteiger partial charge in [0, 0.05) is 16.1 Å². The fraction of sp³-hybridized carbons (Fsp3) is 0.188. The van der Waals surface area contributed by atoms with Crippen LogP contribution in [0, 0.1) is 0 Å². The minimum Gasteiger partial charge on any atom is -0.298 e. The summed E-state index contributed by atoms with van der Waals surface area (Å²) in [4.78, 5) is 10.7. The Morgan fingerprint density at radius 3 is 2.22 bits per heavy atom. The number of hydrogen-bond donors (Lipinski definition) is 0. The van der Waals surface area contributed by atoms with Crippen LogP contribution < -0.4 is 0 Å². The first kappa shape index (κ1) is 12.8. The third-order valence-electron chi connectivity index (χ3n) is 3.02. The molecule has 0 aliphatic carbocycles. The van der Waals surface area contributed by atoms with Crippen molar-refractivity contribution in [3.63, 3.8) is 0 Å². The van der Waals surface area contributed by atoms with Gasteiger partial charge in [-0.05, 0) is 23.1 Å². The summed E-state index contributed by atoms with van der Waals surface area (Å²) in [5.41, 5.74) is 3.93. The van der Waals surface area contributed by atoms with Gasteiger partial charge in [-0.1, -0.05) is 61.8 Å². The van der Waals surface area contributed by atoms with Crippen LogP contribution in [0.2, 0.25) is 5.02 Å². The Morgan fingerprint density at radius 2 is 1.72 bits per heavy atom. The molecule has 0 fully saturated rings. The van der Waals surface area contributed by atoms with Crippen LogP contribution in [-0.4, -0.2) is 6.29 Å². The SMILES string of the molecule is CC(C)c1ccc(-c2ccc(C=O)cc2Cl)cc1. The average Bonchev–Trinajstić information content (AvgIpc) is 2.38. The zero-order valence-electron chi connectivity index (χ0n) is 10.5. The van der Waals surface area contributed by atoms with Crippen molar-refractivity contribution in [3.05, 3.63) is 58.6 Å². The van der Waals surface area contributed by atoms with Crippen LogP contribution in [0.15, 0.2) is 42.5 Å². The van der Waals surface area contributed by atoms with Gasteiger partial charge in [0.05, 0.1) is 0 Å². The molecule has 0 heterocycles. The van der Waals surface area contributed by atoms with Gasteiger partial charge in [0.15, 0.2) is 0 Å². The standard InChI is InChI=1S/C16H15ClO/c1-11(2)13-4-6-14(7-5-13)15-8-3-12(10-18)9-16(15)17/h3-11H,1-2H3. The molecular formula is C16H15ClO. The van der Waals surface area contributed by atoms with E-state index in [1.165, 1.54) is 5.56 Å². The molecule has 0 N–H and O–H groups in total. The smallest absolute Gasteiger partial charge is 0.150 e. The Morgan fingerprint density at radius 1 is 1.06 bits per heavy atom. The van der Waals surface area contributed by atoms with Gasteiger partial charge in [0.2, 0.25) is 0 Å². The first-order chi connectivity index (χ1) is 8.61. The molecule has 0 bridgehead atoms. The van der Waals surface area contributed by atoms with E-state index in [9.17, 15) is 4.79 Å². The van der Waals surface area contributed by atoms with E-state index in [0.717, 1.165) is 17.4 Å². The van der Waals surface area contributed by atoms with E-state index >= 15 is 0 Å². The van der Waals surface area contributed by atoms with E-state index in [4.69, 9.17) is 11.6 Å². The summed E-state index contributed by atoms with van der Waals surface area (Å²) in [6.45, 7) is 4.34. The van der Waals surface area contributed by atoms with E-state index in [0.29, 0.717) is 16.5 Å². The summed E-state index contributed by atoms with van der Waals surface area (Å²) in [6, 6.07) is 13.7. The summed E-state index contributed by atoms with van der Waals surface area (Å²) in [5, 5.41) is 0.608. The summed E-state index contributed by atoms with van der Waals surface area (Å²) < 4.78 is 0. The van der Waals surface area contributed by atoms with E-state index in [-0.39, 0.29) is 0 Å². The number of carbonyl (C=O) groups is 1. The quantitative estimate of drug-likeness (QED) is 0.713. The molecule has 18 heavy (non-hydrogen) atoms. The fourth-order valence-electron chi connectivity index (χ4n) is 1.89. The Bertz CT molecular complexity index is 556. The maximum Gasteiger partial charge on any atom is 0.150 e. The second-order valence-electron chi connectivity index (χ2n) is 4.63. The maximum atomic E-state index is 10.7. The number of aldehydes is 1. The molecule has 2 rings (SSSR count). The highest BCUT2D eigenvalue weighted by Gasteiger charge is 2.05. The van der Waals surface area contributed by atoms with Crippen molar-refractivity contribution in [2.75, 3.05) is 0 Å². The third-order valence-corrected chi connectivity index (χ3v) is 3.33. The zero-order chi connectivity index (χ0) is 13.1. The molecule has 0 aliphatic rings. The molecule has 2 heteroatoms. The van der Waals surface area contributed by atoms with Gasteiger partial charge in [-0.15, -0.1) is 0 Å². The molecule has 0 aromatic heterocycles. The zero-order valence-corrected chi connectivity index (χ0v) is 11.2. The Kier molecular flexibility index (Phi) is 3.83. The van der Waals surface area contributed by atoms with Crippen LogP contribution in [0.5, 0.6) is 0 Å². The molecule has 0 radical (unpaired) electrons. The monoisotopic (exact) mass is 258 g/mol. The number of rotatable bonds is 3.